The van der Waals surface area contributed by atoms with E-state index in [0.29, 0.717) is 11.4 Å². The number of furan rings is 1. The van der Waals surface area contributed by atoms with Crippen LogP contribution in [0.2, 0.25) is 0 Å². The van der Waals surface area contributed by atoms with Crippen LogP contribution < -0.4 is 10.2 Å². The quantitative estimate of drug-likeness (QED) is 0.349. The molecule has 2 aromatic carbocycles. The first-order valence-electron chi connectivity index (χ1n) is 11.8. The molecule has 4 aromatic rings. The van der Waals surface area contributed by atoms with Gasteiger partial charge in [0.2, 0.25) is 10.0 Å². The molecule has 4 rings (SSSR count). The number of nitrogens with zero attached hydrogens (tertiary/aromatic N) is 3. The second kappa shape index (κ2) is 11.4. The number of amides is 2. The Balaban J connectivity index is 1.79. The number of anilines is 1. The van der Waals surface area contributed by atoms with Crippen molar-refractivity contribution in [3.05, 3.63) is 114 Å². The maximum atomic E-state index is 13.9. The Morgan fingerprint density at radius 1 is 0.921 bits per heavy atom. The van der Waals surface area contributed by atoms with Crippen LogP contribution in [-0.4, -0.2) is 43.6 Å². The zero-order valence-corrected chi connectivity index (χ0v) is 22.1. The Morgan fingerprint density at radius 3 is 2.18 bits per heavy atom. The monoisotopic (exact) mass is 532 g/mol. The predicted molar refractivity (Wildman–Crippen MR) is 143 cm³/mol. The third kappa shape index (κ3) is 5.82. The van der Waals surface area contributed by atoms with Gasteiger partial charge in [-0.1, -0.05) is 36.4 Å². The molecule has 1 N–H and O–H groups in total. The fourth-order valence-electron chi connectivity index (χ4n) is 3.84. The standard InChI is InChI=1S/C28H28N4O5S/c1-20-12-17-25(37-20)26(27(33)30-19-21-9-5-4-6-10-21)32(28(34)24-11-7-8-18-29-24)22-13-15-23(16-14-22)38(35,36)31(2)3/h4-18,26H,19H2,1-3H3,(H,30,33)/t26-/m0/s1. The highest BCUT2D eigenvalue weighted by Crippen LogP contribution is 2.31. The average molecular weight is 533 g/mol. The molecule has 38 heavy (non-hydrogen) atoms. The molecule has 0 saturated heterocycles. The van der Waals surface area contributed by atoms with Crippen LogP contribution in [0.15, 0.2) is 100 Å². The fourth-order valence-corrected chi connectivity index (χ4v) is 4.74. The van der Waals surface area contributed by atoms with Crippen molar-refractivity contribution in [3.63, 3.8) is 0 Å². The van der Waals surface area contributed by atoms with Gasteiger partial charge >= 0.3 is 0 Å². The van der Waals surface area contributed by atoms with Crippen LogP contribution >= 0.6 is 0 Å². The van der Waals surface area contributed by atoms with Crippen molar-refractivity contribution in [2.24, 2.45) is 0 Å². The first kappa shape index (κ1) is 26.8. The second-order valence-electron chi connectivity index (χ2n) is 8.73. The number of aromatic nitrogens is 1. The Bertz CT molecular complexity index is 1500. The van der Waals surface area contributed by atoms with E-state index in [1.165, 1.54) is 49.5 Å². The molecule has 9 nitrogen and oxygen atoms in total. The number of carbonyl (C=O) groups is 2. The first-order valence-corrected chi connectivity index (χ1v) is 13.3. The van der Waals surface area contributed by atoms with Gasteiger partial charge in [-0.3, -0.25) is 19.5 Å². The van der Waals surface area contributed by atoms with Crippen molar-refractivity contribution in [2.45, 2.75) is 24.4 Å². The van der Waals surface area contributed by atoms with Crippen LogP contribution in [0.5, 0.6) is 0 Å². The molecule has 0 bridgehead atoms. The minimum Gasteiger partial charge on any atom is -0.464 e. The van der Waals surface area contributed by atoms with Gasteiger partial charge in [0.15, 0.2) is 6.04 Å². The van der Waals surface area contributed by atoms with Gasteiger partial charge in [0.1, 0.15) is 17.2 Å². The van der Waals surface area contributed by atoms with Crippen LogP contribution in [0.25, 0.3) is 0 Å². The largest absolute Gasteiger partial charge is 0.464 e. The fraction of sp³-hybridized carbons (Fsp3) is 0.179. The van der Waals surface area contributed by atoms with Crippen molar-refractivity contribution in [1.82, 2.24) is 14.6 Å². The lowest BCUT2D eigenvalue weighted by molar-refractivity contribution is -0.123. The molecule has 2 aromatic heterocycles. The lowest BCUT2D eigenvalue weighted by Gasteiger charge is -2.30. The Hall–Kier alpha value is -4.28. The molecule has 0 spiro atoms. The van der Waals surface area contributed by atoms with E-state index >= 15 is 0 Å². The van der Waals surface area contributed by atoms with Gasteiger partial charge in [-0.25, -0.2) is 12.7 Å². The van der Waals surface area contributed by atoms with Gasteiger partial charge in [0, 0.05) is 32.5 Å². The van der Waals surface area contributed by atoms with Crippen molar-refractivity contribution in [1.29, 1.82) is 0 Å². The number of hydrogen-bond donors (Lipinski definition) is 1. The summed E-state index contributed by atoms with van der Waals surface area (Å²) in [6.07, 6.45) is 1.49. The molecule has 1 atom stereocenters. The average Bonchev–Trinajstić information content (AvgIpc) is 3.36. The van der Waals surface area contributed by atoms with Gasteiger partial charge < -0.3 is 9.73 Å². The molecule has 0 saturated carbocycles. The number of carbonyl (C=O) groups excluding carboxylic acids is 2. The summed E-state index contributed by atoms with van der Waals surface area (Å²) < 4.78 is 32.2. The first-order chi connectivity index (χ1) is 18.2. The van der Waals surface area contributed by atoms with Crippen LogP contribution in [0, 0.1) is 6.92 Å². The van der Waals surface area contributed by atoms with E-state index in [2.05, 4.69) is 10.3 Å². The van der Waals surface area contributed by atoms with Gasteiger partial charge in [-0.2, -0.15) is 0 Å². The molecule has 10 heteroatoms. The number of hydrogen-bond acceptors (Lipinski definition) is 6. The van der Waals surface area contributed by atoms with Gasteiger partial charge in [0.05, 0.1) is 4.90 Å². The van der Waals surface area contributed by atoms with Crippen LogP contribution in [-0.2, 0) is 21.4 Å². The van der Waals surface area contributed by atoms with Crippen molar-refractivity contribution in [2.75, 3.05) is 19.0 Å². The maximum absolute atomic E-state index is 13.9. The zero-order chi connectivity index (χ0) is 27.3. The van der Waals surface area contributed by atoms with E-state index in [4.69, 9.17) is 4.42 Å². The molecule has 0 aliphatic heterocycles. The molecule has 0 radical (unpaired) electrons. The van der Waals surface area contributed by atoms with Crippen molar-refractivity contribution < 1.29 is 22.4 Å². The van der Waals surface area contributed by atoms with Gasteiger partial charge in [-0.15, -0.1) is 0 Å². The van der Waals surface area contributed by atoms with E-state index in [1.54, 1.807) is 37.3 Å². The number of benzene rings is 2. The Morgan fingerprint density at radius 2 is 1.61 bits per heavy atom. The summed E-state index contributed by atoms with van der Waals surface area (Å²) in [7, 11) is -0.823. The van der Waals surface area contributed by atoms with E-state index in [1.807, 2.05) is 30.3 Å². The Kier molecular flexibility index (Phi) is 8.04. The summed E-state index contributed by atoms with van der Waals surface area (Å²) >= 11 is 0. The van der Waals surface area contributed by atoms with Crippen LogP contribution in [0.1, 0.15) is 33.6 Å². The third-order valence-electron chi connectivity index (χ3n) is 5.84. The number of aryl methyl sites for hydroxylation is 1. The number of nitrogens with one attached hydrogen (secondary N) is 1. The summed E-state index contributed by atoms with van der Waals surface area (Å²) in [5.74, 6) is -0.207. The number of rotatable bonds is 9. The molecule has 2 amide bonds. The summed E-state index contributed by atoms with van der Waals surface area (Å²) in [6.45, 7) is 1.98. The SMILES string of the molecule is Cc1ccc([C@@H](C(=O)NCc2ccccc2)N(C(=O)c2ccccn2)c2ccc(S(=O)(=O)N(C)C)cc2)o1. The van der Waals surface area contributed by atoms with Crippen molar-refractivity contribution in [3.8, 4) is 0 Å². The highest BCUT2D eigenvalue weighted by molar-refractivity contribution is 7.89. The van der Waals surface area contributed by atoms with E-state index in [9.17, 15) is 18.0 Å². The minimum absolute atomic E-state index is 0.0513. The molecular weight excluding hydrogens is 504 g/mol. The molecule has 2 heterocycles. The van der Waals surface area contributed by atoms with E-state index in [-0.39, 0.29) is 22.9 Å². The molecule has 0 aliphatic carbocycles. The summed E-state index contributed by atoms with van der Waals surface area (Å²) in [4.78, 5) is 33.1. The topological polar surface area (TPSA) is 113 Å². The number of pyridine rings is 1. The predicted octanol–water partition coefficient (Wildman–Crippen LogP) is 3.94. The highest BCUT2D eigenvalue weighted by Gasteiger charge is 2.36. The van der Waals surface area contributed by atoms with Crippen LogP contribution in [0.3, 0.4) is 0 Å². The highest BCUT2D eigenvalue weighted by atomic mass is 32.2. The Labute approximate surface area is 221 Å². The molecule has 196 valence electrons. The van der Waals surface area contributed by atoms with E-state index in [0.717, 1.165) is 9.87 Å². The van der Waals surface area contributed by atoms with E-state index < -0.39 is 27.9 Å². The zero-order valence-electron chi connectivity index (χ0n) is 21.2. The minimum atomic E-state index is -3.70. The maximum Gasteiger partial charge on any atom is 0.277 e. The molecule has 0 unspecified atom stereocenters. The lowest BCUT2D eigenvalue weighted by Crippen LogP contribution is -2.44. The van der Waals surface area contributed by atoms with Crippen LogP contribution in [0.4, 0.5) is 5.69 Å². The summed E-state index contributed by atoms with van der Waals surface area (Å²) in [5.41, 5.74) is 1.30. The summed E-state index contributed by atoms with van der Waals surface area (Å²) in [6, 6.07) is 22.2. The van der Waals surface area contributed by atoms with Crippen molar-refractivity contribution >= 4 is 27.5 Å². The van der Waals surface area contributed by atoms with Gasteiger partial charge in [-0.05, 0) is 61.0 Å². The number of sulfonamides is 1. The third-order valence-corrected chi connectivity index (χ3v) is 7.67. The molecule has 0 aliphatic rings. The van der Waals surface area contributed by atoms with Gasteiger partial charge in [0.25, 0.3) is 11.8 Å². The summed E-state index contributed by atoms with van der Waals surface area (Å²) in [5, 5.41) is 2.90. The second-order valence-corrected chi connectivity index (χ2v) is 10.9. The normalized spacial score (nSPS) is 12.2. The smallest absolute Gasteiger partial charge is 0.277 e. The lowest BCUT2D eigenvalue weighted by atomic mass is 10.1. The molecular formula is C28H28N4O5S. The molecule has 0 fully saturated rings.